The molecule has 2 atom stereocenters. The Labute approximate surface area is 70.1 Å². The molecule has 2 unspecified atom stereocenters. The molecule has 1 fully saturated rings. The molecule has 11 heavy (non-hydrogen) atoms. The van der Waals surface area contributed by atoms with Crippen molar-refractivity contribution in [2.45, 2.75) is 24.5 Å². The summed E-state index contributed by atoms with van der Waals surface area (Å²) in [5.74, 6) is 0.830. The van der Waals surface area contributed by atoms with Crippen molar-refractivity contribution in [1.29, 1.82) is 0 Å². The fourth-order valence-corrected chi connectivity index (χ4v) is 2.78. The highest BCUT2D eigenvalue weighted by atomic mass is 32.2. The third-order valence-electron chi connectivity index (χ3n) is 2.09. The zero-order valence-electron chi connectivity index (χ0n) is 6.84. The molecule has 0 saturated carbocycles. The summed E-state index contributed by atoms with van der Waals surface area (Å²) in [4.78, 5) is 0. The molecule has 0 spiro atoms. The monoisotopic (exact) mass is 174 g/mol. The molecule has 0 aliphatic carbocycles. The van der Waals surface area contributed by atoms with Gasteiger partial charge < -0.3 is 4.74 Å². The smallest absolute Gasteiger partial charge is 0.104 e. The lowest BCUT2D eigenvalue weighted by Crippen LogP contribution is -2.31. The number of hydrogen-bond donors (Lipinski definition) is 0. The molecule has 0 aromatic carbocycles. The van der Waals surface area contributed by atoms with Crippen LogP contribution in [-0.4, -0.2) is 21.3 Å². The highest BCUT2D eigenvalue weighted by Crippen LogP contribution is 2.28. The molecule has 64 valence electrons. The van der Waals surface area contributed by atoms with Gasteiger partial charge in [0.2, 0.25) is 0 Å². The summed E-state index contributed by atoms with van der Waals surface area (Å²) >= 11 is 0. The van der Waals surface area contributed by atoms with Gasteiger partial charge in [-0.05, 0) is 19.8 Å². The highest BCUT2D eigenvalue weighted by Gasteiger charge is 2.36. The lowest BCUT2D eigenvalue weighted by Gasteiger charge is -2.20. The van der Waals surface area contributed by atoms with Crippen LogP contribution in [0.3, 0.4) is 0 Å². The van der Waals surface area contributed by atoms with Crippen LogP contribution < -0.4 is 0 Å². The van der Waals surface area contributed by atoms with Crippen LogP contribution in [-0.2, 0) is 15.5 Å². The molecule has 1 aliphatic rings. The summed E-state index contributed by atoms with van der Waals surface area (Å²) in [6.45, 7) is 6.01. The number of ether oxygens (including phenoxy) is 1. The van der Waals surface area contributed by atoms with Gasteiger partial charge in [0, 0.05) is 16.6 Å². The molecule has 1 aliphatic heterocycles. The Morgan fingerprint density at radius 1 is 1.82 bits per heavy atom. The Balaban J connectivity index is 2.50. The van der Waals surface area contributed by atoms with Crippen LogP contribution in [0.5, 0.6) is 0 Å². The first-order valence-corrected chi connectivity index (χ1v) is 5.12. The van der Waals surface area contributed by atoms with Gasteiger partial charge >= 0.3 is 0 Å². The maximum atomic E-state index is 11.4. The average Bonchev–Trinajstić information content (AvgIpc) is 2.30. The topological polar surface area (TPSA) is 26.3 Å². The zero-order chi connectivity index (χ0) is 8.32. The van der Waals surface area contributed by atoms with E-state index in [0.717, 1.165) is 18.6 Å². The first-order chi connectivity index (χ1) is 5.19. The molecule has 2 nitrogen and oxygen atoms in total. The van der Waals surface area contributed by atoms with E-state index in [1.54, 1.807) is 0 Å². The number of rotatable bonds is 3. The SMILES string of the molecule is C=COCC1(C)CCCS1=O. The van der Waals surface area contributed by atoms with E-state index in [1.807, 2.05) is 6.92 Å². The summed E-state index contributed by atoms with van der Waals surface area (Å²) < 4.78 is 16.3. The zero-order valence-corrected chi connectivity index (χ0v) is 7.65. The molecule has 0 aromatic rings. The van der Waals surface area contributed by atoms with Crippen molar-refractivity contribution in [2.75, 3.05) is 12.4 Å². The summed E-state index contributed by atoms with van der Waals surface area (Å²) in [5, 5.41) is 0. The second-order valence-corrected chi connectivity index (χ2v) is 5.17. The molecule has 0 radical (unpaired) electrons. The molecule has 3 heteroatoms. The van der Waals surface area contributed by atoms with Gasteiger partial charge in [0.05, 0.1) is 11.0 Å². The van der Waals surface area contributed by atoms with E-state index in [2.05, 4.69) is 6.58 Å². The van der Waals surface area contributed by atoms with Crippen molar-refractivity contribution in [3.8, 4) is 0 Å². The minimum Gasteiger partial charge on any atom is -0.500 e. The molecule has 0 bridgehead atoms. The van der Waals surface area contributed by atoms with Crippen LogP contribution in [0.25, 0.3) is 0 Å². The van der Waals surface area contributed by atoms with Crippen LogP contribution >= 0.6 is 0 Å². The number of hydrogen-bond acceptors (Lipinski definition) is 2. The van der Waals surface area contributed by atoms with Crippen LogP contribution in [0.4, 0.5) is 0 Å². The van der Waals surface area contributed by atoms with E-state index in [0.29, 0.717) is 6.61 Å². The molecule has 0 amide bonds. The molecule has 0 aromatic heterocycles. The predicted octanol–water partition coefficient (Wildman–Crippen LogP) is 1.45. The Hall–Kier alpha value is -0.310. The highest BCUT2D eigenvalue weighted by molar-refractivity contribution is 7.86. The van der Waals surface area contributed by atoms with E-state index >= 15 is 0 Å². The quantitative estimate of drug-likeness (QED) is 0.605. The van der Waals surface area contributed by atoms with Crippen molar-refractivity contribution >= 4 is 10.8 Å². The minimum absolute atomic E-state index is 0.117. The van der Waals surface area contributed by atoms with Gasteiger partial charge in [0.1, 0.15) is 6.61 Å². The largest absolute Gasteiger partial charge is 0.500 e. The van der Waals surface area contributed by atoms with Crippen molar-refractivity contribution < 1.29 is 8.95 Å². The molecular formula is C8H14O2S. The van der Waals surface area contributed by atoms with Gasteiger partial charge in [0.15, 0.2) is 0 Å². The van der Waals surface area contributed by atoms with E-state index < -0.39 is 10.8 Å². The van der Waals surface area contributed by atoms with E-state index in [4.69, 9.17) is 4.74 Å². The third-order valence-corrected chi connectivity index (χ3v) is 4.17. The first-order valence-electron chi connectivity index (χ1n) is 3.80. The second kappa shape index (κ2) is 3.39. The van der Waals surface area contributed by atoms with Crippen molar-refractivity contribution in [3.63, 3.8) is 0 Å². The predicted molar refractivity (Wildman–Crippen MR) is 46.8 cm³/mol. The van der Waals surface area contributed by atoms with Gasteiger partial charge in [-0.25, -0.2) is 0 Å². The van der Waals surface area contributed by atoms with E-state index in [1.165, 1.54) is 6.26 Å². The lowest BCUT2D eigenvalue weighted by molar-refractivity contribution is 0.216. The second-order valence-electron chi connectivity index (χ2n) is 3.08. The minimum atomic E-state index is -0.700. The molecule has 0 N–H and O–H groups in total. The summed E-state index contributed by atoms with van der Waals surface area (Å²) in [7, 11) is -0.700. The van der Waals surface area contributed by atoms with Crippen molar-refractivity contribution in [2.24, 2.45) is 0 Å². The normalized spacial score (nSPS) is 37.0. The third kappa shape index (κ3) is 1.83. The van der Waals surface area contributed by atoms with Crippen LogP contribution in [0, 0.1) is 0 Å². The molecule has 1 saturated heterocycles. The van der Waals surface area contributed by atoms with Gasteiger partial charge in [-0.2, -0.15) is 0 Å². The lowest BCUT2D eigenvalue weighted by atomic mass is 10.1. The van der Waals surface area contributed by atoms with Gasteiger partial charge in [0.25, 0.3) is 0 Å². The average molecular weight is 174 g/mol. The Bertz CT molecular complexity index is 179. The molecule has 1 rings (SSSR count). The first kappa shape index (κ1) is 8.78. The Morgan fingerprint density at radius 3 is 3.00 bits per heavy atom. The summed E-state index contributed by atoms with van der Waals surface area (Å²) in [6, 6.07) is 0. The van der Waals surface area contributed by atoms with Crippen LogP contribution in [0.2, 0.25) is 0 Å². The van der Waals surface area contributed by atoms with Gasteiger partial charge in [-0.15, -0.1) is 0 Å². The summed E-state index contributed by atoms with van der Waals surface area (Å²) in [6.07, 6.45) is 3.48. The van der Waals surface area contributed by atoms with Crippen molar-refractivity contribution in [1.82, 2.24) is 0 Å². The fourth-order valence-electron chi connectivity index (χ4n) is 1.31. The van der Waals surface area contributed by atoms with Gasteiger partial charge in [-0.3, -0.25) is 4.21 Å². The van der Waals surface area contributed by atoms with E-state index in [-0.39, 0.29) is 4.75 Å². The molecular weight excluding hydrogens is 160 g/mol. The maximum absolute atomic E-state index is 11.4. The van der Waals surface area contributed by atoms with E-state index in [9.17, 15) is 4.21 Å². The Morgan fingerprint density at radius 2 is 2.55 bits per heavy atom. The standard InChI is InChI=1S/C8H14O2S/c1-3-10-7-8(2)5-4-6-11(8)9/h3H,1,4-7H2,2H3. The fraction of sp³-hybridized carbons (Fsp3) is 0.750. The molecule has 1 heterocycles. The summed E-state index contributed by atoms with van der Waals surface area (Å²) in [5.41, 5.74) is 0. The van der Waals surface area contributed by atoms with Gasteiger partial charge in [-0.1, -0.05) is 6.58 Å². The van der Waals surface area contributed by atoms with Crippen LogP contribution in [0.1, 0.15) is 19.8 Å². The van der Waals surface area contributed by atoms with Crippen LogP contribution in [0.15, 0.2) is 12.8 Å². The Kier molecular flexibility index (Phi) is 2.71. The van der Waals surface area contributed by atoms with Crippen molar-refractivity contribution in [3.05, 3.63) is 12.8 Å². The maximum Gasteiger partial charge on any atom is 0.104 e.